The standard InChI is InChI=1S/C18H38O3S.C3H9N.H3N/c1-2-3-4-5-6-7-8-9-10-11-12-13-14-15-16-17-18-21-22(19)20;1-4(2)3;/h22H,2-18H2,1H3;1-3H3;1H3. The van der Waals surface area contributed by atoms with Crippen LogP contribution in [0.2, 0.25) is 0 Å². The number of nitrogens with zero attached hydrogens (tertiary/aromatic N) is 1. The molecule has 0 spiro atoms. The Labute approximate surface area is 172 Å². The molecule has 3 N–H and O–H groups in total. The van der Waals surface area contributed by atoms with Crippen molar-refractivity contribution in [3.05, 3.63) is 0 Å². The number of unbranched alkanes of at least 4 members (excludes halogenated alkanes) is 15. The van der Waals surface area contributed by atoms with Crippen LogP contribution in [0.15, 0.2) is 0 Å². The Bertz CT molecular complexity index is 314. The molecule has 0 radical (unpaired) electrons. The van der Waals surface area contributed by atoms with Gasteiger partial charge in [-0.05, 0) is 27.6 Å². The highest BCUT2D eigenvalue weighted by molar-refractivity contribution is 7.67. The Kier molecular flexibility index (Phi) is 32.7. The van der Waals surface area contributed by atoms with Crippen molar-refractivity contribution in [2.45, 2.75) is 110 Å². The highest BCUT2D eigenvalue weighted by atomic mass is 32.2. The van der Waals surface area contributed by atoms with Crippen LogP contribution in [0, 0.1) is 0 Å². The molecule has 0 atom stereocenters. The molecule has 0 bridgehead atoms. The minimum atomic E-state index is -2.64. The van der Waals surface area contributed by atoms with E-state index in [0.29, 0.717) is 6.61 Å². The molecule has 0 aliphatic heterocycles. The fraction of sp³-hybridized carbons (Fsp3) is 1.00. The van der Waals surface area contributed by atoms with E-state index in [-0.39, 0.29) is 6.15 Å². The number of hydrogen-bond donors (Lipinski definition) is 2. The quantitative estimate of drug-likeness (QED) is 0.210. The van der Waals surface area contributed by atoms with E-state index in [4.69, 9.17) is 0 Å². The van der Waals surface area contributed by atoms with Crippen LogP contribution in [0.5, 0.6) is 0 Å². The first-order valence-corrected chi connectivity index (χ1v) is 12.0. The third kappa shape index (κ3) is 41.4. The number of rotatable bonds is 18. The minimum Gasteiger partial charge on any atom is -0.344 e. The van der Waals surface area contributed by atoms with E-state index in [0.717, 1.165) is 12.8 Å². The Morgan fingerprint density at radius 2 is 0.852 bits per heavy atom. The summed E-state index contributed by atoms with van der Waals surface area (Å²) in [6, 6.07) is 0. The monoisotopic (exact) mass is 410 g/mol. The molecule has 0 aliphatic rings. The number of hydrogen-bond acceptors (Lipinski definition) is 5. The molecule has 0 aromatic carbocycles. The highest BCUT2D eigenvalue weighted by Gasteiger charge is 1.95. The summed E-state index contributed by atoms with van der Waals surface area (Å²) in [7, 11) is 3.36. The predicted molar refractivity (Wildman–Crippen MR) is 120 cm³/mol. The predicted octanol–water partition coefficient (Wildman–Crippen LogP) is 6.13. The topological polar surface area (TPSA) is 81.6 Å². The summed E-state index contributed by atoms with van der Waals surface area (Å²) in [6.45, 7) is 2.63. The molecule has 27 heavy (non-hydrogen) atoms. The van der Waals surface area contributed by atoms with E-state index < -0.39 is 11.0 Å². The fourth-order valence-corrected chi connectivity index (χ4v) is 3.07. The molecule has 0 aliphatic carbocycles. The Morgan fingerprint density at radius 3 is 1.11 bits per heavy atom. The lowest BCUT2D eigenvalue weighted by Gasteiger charge is -2.03. The van der Waals surface area contributed by atoms with Crippen LogP contribution in [-0.2, 0) is 15.2 Å². The minimum absolute atomic E-state index is 0. The summed E-state index contributed by atoms with van der Waals surface area (Å²) in [6.07, 6.45) is 21.2. The van der Waals surface area contributed by atoms with Crippen LogP contribution in [-0.4, -0.2) is 41.1 Å². The first kappa shape index (κ1) is 31.5. The smallest absolute Gasteiger partial charge is 0.257 e. The van der Waals surface area contributed by atoms with Crippen LogP contribution < -0.4 is 6.15 Å². The Balaban J connectivity index is -0.00000104. The summed E-state index contributed by atoms with van der Waals surface area (Å²) >= 11 is 0. The molecule has 168 valence electrons. The SMILES string of the molecule is CCCCCCCCCCCCCCCCCCO[SH](=O)=O.CN(C)C.N. The molecular formula is C21H50N2O3S. The highest BCUT2D eigenvalue weighted by Crippen LogP contribution is 2.13. The van der Waals surface area contributed by atoms with Gasteiger partial charge in [0.25, 0.3) is 11.0 Å². The van der Waals surface area contributed by atoms with E-state index >= 15 is 0 Å². The molecule has 0 rings (SSSR count). The third-order valence-corrected chi connectivity index (χ3v) is 4.59. The first-order chi connectivity index (χ1) is 12.5. The normalized spacial score (nSPS) is 10.6. The zero-order valence-electron chi connectivity index (χ0n) is 18.8. The van der Waals surface area contributed by atoms with Gasteiger partial charge in [0, 0.05) is 0 Å². The summed E-state index contributed by atoms with van der Waals surface area (Å²) in [5.74, 6) is 0. The van der Waals surface area contributed by atoms with Crippen LogP contribution in [0.1, 0.15) is 110 Å². The van der Waals surface area contributed by atoms with Gasteiger partial charge in [-0.25, -0.2) is 8.42 Å². The van der Waals surface area contributed by atoms with Crippen LogP contribution >= 0.6 is 0 Å². The maximum absolute atomic E-state index is 10.2. The van der Waals surface area contributed by atoms with Gasteiger partial charge >= 0.3 is 0 Å². The zero-order valence-corrected chi connectivity index (χ0v) is 19.7. The van der Waals surface area contributed by atoms with Crippen LogP contribution in [0.3, 0.4) is 0 Å². The van der Waals surface area contributed by atoms with E-state index in [9.17, 15) is 8.42 Å². The average molecular weight is 411 g/mol. The molecule has 0 heterocycles. The number of thiol groups is 1. The lowest BCUT2D eigenvalue weighted by molar-refractivity contribution is 0.319. The van der Waals surface area contributed by atoms with E-state index in [1.165, 1.54) is 89.9 Å². The molecule has 0 saturated carbocycles. The van der Waals surface area contributed by atoms with Crippen molar-refractivity contribution in [3.8, 4) is 0 Å². The lowest BCUT2D eigenvalue weighted by atomic mass is 10.0. The molecule has 5 nitrogen and oxygen atoms in total. The van der Waals surface area contributed by atoms with Crippen LogP contribution in [0.25, 0.3) is 0 Å². The van der Waals surface area contributed by atoms with E-state index in [1.54, 1.807) is 0 Å². The second kappa shape index (κ2) is 28.0. The van der Waals surface area contributed by atoms with Gasteiger partial charge in [0.05, 0.1) is 6.61 Å². The van der Waals surface area contributed by atoms with Crippen LogP contribution in [0.4, 0.5) is 0 Å². The van der Waals surface area contributed by atoms with E-state index in [1.807, 2.05) is 26.0 Å². The average Bonchev–Trinajstić information content (AvgIpc) is 2.57. The second-order valence-electron chi connectivity index (χ2n) is 7.70. The third-order valence-electron chi connectivity index (χ3n) is 4.19. The van der Waals surface area contributed by atoms with E-state index in [2.05, 4.69) is 11.1 Å². The van der Waals surface area contributed by atoms with Gasteiger partial charge in [-0.15, -0.1) is 0 Å². The molecule has 6 heteroatoms. The summed E-state index contributed by atoms with van der Waals surface area (Å²) < 4.78 is 24.9. The molecule has 0 aromatic heterocycles. The van der Waals surface area contributed by atoms with Gasteiger partial charge < -0.3 is 11.1 Å². The van der Waals surface area contributed by atoms with Gasteiger partial charge in [-0.2, -0.15) is 0 Å². The largest absolute Gasteiger partial charge is 0.344 e. The summed E-state index contributed by atoms with van der Waals surface area (Å²) in [5, 5.41) is 0. The zero-order chi connectivity index (χ0) is 19.9. The van der Waals surface area contributed by atoms with Crippen molar-refractivity contribution < 1.29 is 12.6 Å². The Morgan fingerprint density at radius 1 is 0.593 bits per heavy atom. The molecule has 0 amide bonds. The Hall–Kier alpha value is -0.170. The maximum atomic E-state index is 10.2. The fourth-order valence-electron chi connectivity index (χ4n) is 2.79. The van der Waals surface area contributed by atoms with Crippen molar-refractivity contribution in [1.29, 1.82) is 0 Å². The van der Waals surface area contributed by atoms with Crippen molar-refractivity contribution in [2.24, 2.45) is 0 Å². The van der Waals surface area contributed by atoms with Gasteiger partial charge in [0.2, 0.25) is 0 Å². The first-order valence-electron chi connectivity index (χ1n) is 10.9. The summed E-state index contributed by atoms with van der Waals surface area (Å²) in [5.41, 5.74) is 0. The molecule has 0 aromatic rings. The van der Waals surface area contributed by atoms with Crippen molar-refractivity contribution in [2.75, 3.05) is 27.7 Å². The van der Waals surface area contributed by atoms with Gasteiger partial charge in [0.15, 0.2) is 0 Å². The second-order valence-corrected chi connectivity index (χ2v) is 8.41. The van der Waals surface area contributed by atoms with Crippen molar-refractivity contribution in [1.82, 2.24) is 11.1 Å². The molecule has 0 saturated heterocycles. The molecule has 0 unspecified atom stereocenters. The van der Waals surface area contributed by atoms with Gasteiger partial charge in [-0.3, -0.25) is 4.18 Å². The van der Waals surface area contributed by atoms with Crippen molar-refractivity contribution in [3.63, 3.8) is 0 Å². The molecule has 0 fully saturated rings. The lowest BCUT2D eigenvalue weighted by Crippen LogP contribution is -1.99. The van der Waals surface area contributed by atoms with Crippen molar-refractivity contribution >= 4 is 11.0 Å². The van der Waals surface area contributed by atoms with Gasteiger partial charge in [0.1, 0.15) is 0 Å². The van der Waals surface area contributed by atoms with Gasteiger partial charge in [-0.1, -0.05) is 103 Å². The summed E-state index contributed by atoms with van der Waals surface area (Å²) in [4.78, 5) is 2.00. The maximum Gasteiger partial charge on any atom is 0.257 e. The molecular weight excluding hydrogens is 360 g/mol.